The number of anilines is 1. The maximum atomic E-state index is 13.0. The average Bonchev–Trinajstić information content (AvgIpc) is 3.42. The second-order valence-corrected chi connectivity index (χ2v) is 8.32. The number of thiol groups is 1. The summed E-state index contributed by atoms with van der Waals surface area (Å²) in [5.41, 5.74) is 1.39. The van der Waals surface area contributed by atoms with E-state index in [-0.39, 0.29) is 13.0 Å². The highest BCUT2D eigenvalue weighted by Gasteiger charge is 2.20. The average molecular weight is 472 g/mol. The van der Waals surface area contributed by atoms with Crippen LogP contribution in [0.25, 0.3) is 21.7 Å². The van der Waals surface area contributed by atoms with E-state index >= 15 is 0 Å². The summed E-state index contributed by atoms with van der Waals surface area (Å²) in [6.45, 7) is 0.248. The number of thiazole rings is 1. The fourth-order valence-corrected chi connectivity index (χ4v) is 3.95. The van der Waals surface area contributed by atoms with Gasteiger partial charge < -0.3 is 9.84 Å². The molecule has 32 heavy (non-hydrogen) atoms. The topological polar surface area (TPSA) is 147 Å². The van der Waals surface area contributed by atoms with Crippen LogP contribution >= 0.6 is 24.0 Å². The van der Waals surface area contributed by atoms with Gasteiger partial charge in [0.2, 0.25) is 5.82 Å². The van der Waals surface area contributed by atoms with E-state index in [4.69, 9.17) is 9.84 Å². The molecule has 11 nitrogen and oxygen atoms in total. The third kappa shape index (κ3) is 5.18. The third-order valence-electron chi connectivity index (χ3n) is 4.41. The third-order valence-corrected chi connectivity index (χ3v) is 5.55. The van der Waals surface area contributed by atoms with E-state index in [1.54, 1.807) is 36.4 Å². The zero-order chi connectivity index (χ0) is 22.5. The summed E-state index contributed by atoms with van der Waals surface area (Å²) < 4.78 is 6.11. The molecule has 0 unspecified atom stereocenters. The number of benzene rings is 1. The number of aliphatic carboxylic acids is 1. The predicted molar refractivity (Wildman–Crippen MR) is 119 cm³/mol. The molecule has 0 atom stereocenters. The molecule has 4 aromatic rings. The van der Waals surface area contributed by atoms with E-state index in [1.165, 1.54) is 16.2 Å². The van der Waals surface area contributed by atoms with Crippen molar-refractivity contribution in [1.82, 2.24) is 30.6 Å². The van der Waals surface area contributed by atoms with E-state index in [2.05, 4.69) is 43.2 Å². The van der Waals surface area contributed by atoms with Crippen molar-refractivity contribution in [3.63, 3.8) is 0 Å². The van der Waals surface area contributed by atoms with Crippen LogP contribution in [0.2, 0.25) is 0 Å². The first-order valence-electron chi connectivity index (χ1n) is 9.51. The Labute approximate surface area is 190 Å². The highest BCUT2D eigenvalue weighted by Crippen LogP contribution is 2.26. The number of aromatic nitrogens is 6. The zero-order valence-corrected chi connectivity index (χ0v) is 18.2. The summed E-state index contributed by atoms with van der Waals surface area (Å²) >= 11 is 5.54. The van der Waals surface area contributed by atoms with E-state index in [1.807, 2.05) is 0 Å². The molecule has 0 spiro atoms. The second-order valence-electron chi connectivity index (χ2n) is 6.62. The van der Waals surface area contributed by atoms with Crippen molar-refractivity contribution in [3.8, 4) is 17.1 Å². The number of hydrogen-bond donors (Lipinski definition) is 3. The van der Waals surface area contributed by atoms with Gasteiger partial charge in [0.05, 0.1) is 0 Å². The summed E-state index contributed by atoms with van der Waals surface area (Å²) in [4.78, 5) is 34.6. The fraction of sp³-hybridized carbons (Fsp3) is 0.211. The first-order chi connectivity index (χ1) is 15.5. The number of ether oxygens (including phenoxy) is 1. The van der Waals surface area contributed by atoms with Crippen LogP contribution in [-0.2, 0) is 4.79 Å². The molecule has 1 amide bonds. The number of nitrogens with zero attached hydrogens (tertiary/aromatic N) is 6. The van der Waals surface area contributed by atoms with Crippen LogP contribution in [0.3, 0.4) is 0 Å². The molecule has 4 rings (SSSR count). The van der Waals surface area contributed by atoms with Gasteiger partial charge in [0.1, 0.15) is 26.3 Å². The minimum Gasteiger partial charge on any atom is -0.481 e. The van der Waals surface area contributed by atoms with Gasteiger partial charge in [-0.3, -0.25) is 9.69 Å². The van der Waals surface area contributed by atoms with E-state index in [0.717, 1.165) is 0 Å². The molecule has 3 heterocycles. The van der Waals surface area contributed by atoms with Gasteiger partial charge in [-0.05, 0) is 54.5 Å². The minimum atomic E-state index is -0.883. The van der Waals surface area contributed by atoms with Crippen LogP contribution in [0.15, 0.2) is 40.7 Å². The number of carboxylic acids is 1. The Morgan fingerprint density at radius 2 is 1.94 bits per heavy atom. The SMILES string of the molecule is O=C(O)CCCCN(C(=O)Oc1ccc(-c2nn[nH]n2)cc1)c1ccc2nc(S)sc2n1. The number of unbranched alkanes of at least 4 members (excludes halogenated alkanes) is 1. The van der Waals surface area contributed by atoms with Crippen LogP contribution in [0.1, 0.15) is 19.3 Å². The Bertz CT molecular complexity index is 1230. The minimum absolute atomic E-state index is 0.0186. The maximum absolute atomic E-state index is 13.0. The lowest BCUT2D eigenvalue weighted by Gasteiger charge is -2.21. The number of carbonyl (C=O) groups excluding carboxylic acids is 1. The largest absolute Gasteiger partial charge is 0.481 e. The number of tetrazole rings is 1. The Morgan fingerprint density at radius 3 is 2.66 bits per heavy atom. The van der Waals surface area contributed by atoms with Crippen LogP contribution in [0.5, 0.6) is 5.75 Å². The lowest BCUT2D eigenvalue weighted by Crippen LogP contribution is -2.35. The quantitative estimate of drug-likeness (QED) is 0.260. The summed E-state index contributed by atoms with van der Waals surface area (Å²) in [6.07, 6.45) is 0.278. The van der Waals surface area contributed by atoms with Gasteiger partial charge >= 0.3 is 12.1 Å². The molecule has 0 saturated carbocycles. The molecule has 0 bridgehead atoms. The molecule has 2 N–H and O–H groups in total. The van der Waals surface area contributed by atoms with Crippen molar-refractivity contribution in [3.05, 3.63) is 36.4 Å². The number of amides is 1. The summed E-state index contributed by atoms with van der Waals surface area (Å²) in [5, 5.41) is 22.6. The van der Waals surface area contributed by atoms with Gasteiger partial charge in [-0.2, -0.15) is 5.21 Å². The number of fused-ring (bicyclic) bond motifs is 1. The molecule has 0 fully saturated rings. The van der Waals surface area contributed by atoms with Gasteiger partial charge in [0.15, 0.2) is 0 Å². The Morgan fingerprint density at radius 1 is 1.12 bits per heavy atom. The van der Waals surface area contributed by atoms with E-state index in [9.17, 15) is 9.59 Å². The van der Waals surface area contributed by atoms with Crippen LogP contribution in [0.4, 0.5) is 10.6 Å². The number of nitrogens with one attached hydrogen (secondary N) is 1. The highest BCUT2D eigenvalue weighted by atomic mass is 32.2. The van der Waals surface area contributed by atoms with Gasteiger partial charge in [-0.25, -0.2) is 14.8 Å². The second kappa shape index (κ2) is 9.70. The first-order valence-corrected chi connectivity index (χ1v) is 10.8. The highest BCUT2D eigenvalue weighted by molar-refractivity contribution is 7.82. The Balaban J connectivity index is 1.52. The monoisotopic (exact) mass is 471 g/mol. The molecule has 0 saturated heterocycles. The Kier molecular flexibility index (Phi) is 6.56. The maximum Gasteiger partial charge on any atom is 0.420 e. The van der Waals surface area contributed by atoms with E-state index < -0.39 is 12.1 Å². The number of rotatable bonds is 8. The van der Waals surface area contributed by atoms with Crippen molar-refractivity contribution in [2.45, 2.75) is 23.6 Å². The molecule has 164 valence electrons. The van der Waals surface area contributed by atoms with Crippen molar-refractivity contribution in [2.24, 2.45) is 0 Å². The van der Waals surface area contributed by atoms with Gasteiger partial charge in [0, 0.05) is 18.5 Å². The molecular formula is C19H17N7O4S2. The van der Waals surface area contributed by atoms with Crippen LogP contribution in [0, 0.1) is 0 Å². The molecular weight excluding hydrogens is 454 g/mol. The van der Waals surface area contributed by atoms with Crippen molar-refractivity contribution < 1.29 is 19.4 Å². The summed E-state index contributed by atoms with van der Waals surface area (Å²) in [5.74, 6) is 0.257. The predicted octanol–water partition coefficient (Wildman–Crippen LogP) is 3.42. The molecule has 0 aliphatic heterocycles. The Hall–Kier alpha value is -3.58. The number of hydrogen-bond acceptors (Lipinski definition) is 10. The molecule has 3 aromatic heterocycles. The van der Waals surface area contributed by atoms with Crippen molar-refractivity contribution >= 4 is 52.2 Å². The smallest absolute Gasteiger partial charge is 0.420 e. The van der Waals surface area contributed by atoms with E-state index in [0.29, 0.717) is 50.5 Å². The number of carboxylic acid groups (broad SMARTS) is 1. The number of H-pyrrole nitrogens is 1. The molecule has 1 aromatic carbocycles. The first kappa shape index (κ1) is 21.6. The van der Waals surface area contributed by atoms with Crippen LogP contribution in [-0.4, -0.2) is 54.3 Å². The van der Waals surface area contributed by atoms with Gasteiger partial charge in [-0.1, -0.05) is 11.3 Å². The number of aromatic amines is 1. The zero-order valence-electron chi connectivity index (χ0n) is 16.5. The number of pyridine rings is 1. The lowest BCUT2D eigenvalue weighted by atomic mass is 10.2. The van der Waals surface area contributed by atoms with Crippen molar-refractivity contribution in [1.29, 1.82) is 0 Å². The lowest BCUT2D eigenvalue weighted by molar-refractivity contribution is -0.137. The fourth-order valence-electron chi connectivity index (χ4n) is 2.90. The normalized spacial score (nSPS) is 10.9. The van der Waals surface area contributed by atoms with Gasteiger partial charge in [-0.15, -0.1) is 22.8 Å². The van der Waals surface area contributed by atoms with Crippen molar-refractivity contribution in [2.75, 3.05) is 11.4 Å². The number of carbonyl (C=O) groups is 2. The molecule has 13 heteroatoms. The molecule has 0 radical (unpaired) electrons. The van der Waals surface area contributed by atoms with Gasteiger partial charge in [0.25, 0.3) is 0 Å². The van der Waals surface area contributed by atoms with Crippen LogP contribution < -0.4 is 9.64 Å². The molecule has 0 aliphatic carbocycles. The summed E-state index contributed by atoms with van der Waals surface area (Å²) in [7, 11) is 0. The molecule has 0 aliphatic rings. The standard InChI is InChI=1S/C19H17N7O4S2/c27-15(28)3-1-2-10-26(14-9-8-13-17(21-14)32-18(31)20-13)19(29)30-12-6-4-11(5-7-12)16-22-24-25-23-16/h4-9H,1-3,10H2,(H,20,31)(H,27,28)(H,22,23,24,25). The summed E-state index contributed by atoms with van der Waals surface area (Å²) in [6, 6.07) is 10.1.